The zero-order valence-electron chi connectivity index (χ0n) is 8.58. The fourth-order valence-electron chi connectivity index (χ4n) is 1.29. The smallest absolute Gasteiger partial charge is 0.319 e. The molecule has 0 fully saturated rings. The molecule has 0 radical (unpaired) electrons. The van der Waals surface area contributed by atoms with Crippen LogP contribution in [0.25, 0.3) is 11.2 Å². The van der Waals surface area contributed by atoms with Crippen molar-refractivity contribution in [3.8, 4) is 6.01 Å². The van der Waals surface area contributed by atoms with Crippen molar-refractivity contribution in [1.29, 1.82) is 0 Å². The third kappa shape index (κ3) is 1.59. The Balaban J connectivity index is 2.93. The molecule has 0 aliphatic heterocycles. The van der Waals surface area contributed by atoms with Gasteiger partial charge in [0, 0.05) is 7.05 Å². The predicted molar refractivity (Wildman–Crippen MR) is 54.2 cm³/mol. The molecule has 16 heavy (non-hydrogen) atoms. The Kier molecular flexibility index (Phi) is 2.28. The number of imidazole rings is 1. The number of ether oxygens (including phenoxy) is 1. The molecule has 2 N–H and O–H groups in total. The Hall–Kier alpha value is -1.74. The highest BCUT2D eigenvalue weighted by molar-refractivity contribution is 7.89. The van der Waals surface area contributed by atoms with Crippen LogP contribution in [-0.4, -0.2) is 35.0 Å². The van der Waals surface area contributed by atoms with Crippen molar-refractivity contribution in [2.24, 2.45) is 12.2 Å². The lowest BCUT2D eigenvalue weighted by atomic mass is 10.5. The highest BCUT2D eigenvalue weighted by Crippen LogP contribution is 2.19. The Labute approximate surface area is 91.1 Å². The highest BCUT2D eigenvalue weighted by atomic mass is 32.2. The van der Waals surface area contributed by atoms with E-state index in [1.165, 1.54) is 18.0 Å². The zero-order valence-corrected chi connectivity index (χ0v) is 9.39. The van der Waals surface area contributed by atoms with Gasteiger partial charge in [0.25, 0.3) is 10.0 Å². The number of hydrogen-bond donors (Lipinski definition) is 1. The molecular weight excluding hydrogens is 234 g/mol. The van der Waals surface area contributed by atoms with E-state index >= 15 is 0 Å². The van der Waals surface area contributed by atoms with E-state index in [0.717, 1.165) is 0 Å². The summed E-state index contributed by atoms with van der Waals surface area (Å²) in [5.74, 6) is 0. The van der Waals surface area contributed by atoms with E-state index in [1.807, 2.05) is 0 Å². The molecule has 9 heteroatoms. The third-order valence-electron chi connectivity index (χ3n) is 1.97. The number of aryl methyl sites for hydroxylation is 1. The topological polar surface area (TPSA) is 113 Å². The lowest BCUT2D eigenvalue weighted by Crippen LogP contribution is -2.16. The molecule has 0 aliphatic rings. The summed E-state index contributed by atoms with van der Waals surface area (Å²) < 4.78 is 29.0. The van der Waals surface area contributed by atoms with Gasteiger partial charge >= 0.3 is 6.01 Å². The largest absolute Gasteiger partial charge is 0.467 e. The van der Waals surface area contributed by atoms with Crippen LogP contribution < -0.4 is 9.88 Å². The molecule has 0 unspecified atom stereocenters. The van der Waals surface area contributed by atoms with Crippen molar-refractivity contribution in [3.05, 3.63) is 6.33 Å². The normalized spacial score (nSPS) is 11.9. The van der Waals surface area contributed by atoms with E-state index in [2.05, 4.69) is 15.0 Å². The highest BCUT2D eigenvalue weighted by Gasteiger charge is 2.20. The summed E-state index contributed by atoms with van der Waals surface area (Å²) in [5.41, 5.74) is 0.474. The second-order valence-electron chi connectivity index (χ2n) is 3.09. The number of primary sulfonamides is 1. The fourth-order valence-corrected chi connectivity index (χ4v) is 2.00. The molecule has 2 aromatic rings. The van der Waals surface area contributed by atoms with Crippen molar-refractivity contribution in [2.75, 3.05) is 7.11 Å². The first-order valence-corrected chi connectivity index (χ1v) is 5.74. The first kappa shape index (κ1) is 10.8. The van der Waals surface area contributed by atoms with Gasteiger partial charge in [-0.2, -0.15) is 9.97 Å². The van der Waals surface area contributed by atoms with Crippen LogP contribution in [0.4, 0.5) is 0 Å². The Morgan fingerprint density at radius 2 is 2.12 bits per heavy atom. The Morgan fingerprint density at radius 1 is 1.44 bits per heavy atom. The molecule has 86 valence electrons. The molecule has 8 nitrogen and oxygen atoms in total. The summed E-state index contributed by atoms with van der Waals surface area (Å²) in [7, 11) is -0.991. The molecule has 2 aromatic heterocycles. The van der Waals surface area contributed by atoms with Crippen LogP contribution in [0.5, 0.6) is 6.01 Å². The number of sulfonamides is 1. The van der Waals surface area contributed by atoms with Gasteiger partial charge in [0.2, 0.25) is 5.03 Å². The van der Waals surface area contributed by atoms with E-state index in [4.69, 9.17) is 9.88 Å². The van der Waals surface area contributed by atoms with Gasteiger partial charge in [-0.25, -0.2) is 18.5 Å². The number of nitrogens with two attached hydrogens (primary N) is 1. The van der Waals surface area contributed by atoms with E-state index < -0.39 is 10.0 Å². The SMILES string of the molecule is COc1nc(S(N)(=O)=O)c2c(ncn2C)n1. The van der Waals surface area contributed by atoms with E-state index in [-0.39, 0.29) is 22.2 Å². The van der Waals surface area contributed by atoms with Crippen molar-refractivity contribution in [2.45, 2.75) is 5.03 Å². The van der Waals surface area contributed by atoms with Crippen LogP contribution in [-0.2, 0) is 17.1 Å². The van der Waals surface area contributed by atoms with Crippen molar-refractivity contribution < 1.29 is 13.2 Å². The Morgan fingerprint density at radius 3 is 2.69 bits per heavy atom. The maximum atomic E-state index is 11.4. The maximum absolute atomic E-state index is 11.4. The van der Waals surface area contributed by atoms with Crippen molar-refractivity contribution in [1.82, 2.24) is 19.5 Å². The summed E-state index contributed by atoms with van der Waals surface area (Å²) in [4.78, 5) is 11.5. The van der Waals surface area contributed by atoms with Crippen molar-refractivity contribution in [3.63, 3.8) is 0 Å². The van der Waals surface area contributed by atoms with Crippen LogP contribution in [0.1, 0.15) is 0 Å². The maximum Gasteiger partial charge on any atom is 0.319 e. The van der Waals surface area contributed by atoms with Crippen LogP contribution in [0, 0.1) is 0 Å². The van der Waals surface area contributed by atoms with E-state index in [9.17, 15) is 8.42 Å². The van der Waals surface area contributed by atoms with Crippen LogP contribution in [0.15, 0.2) is 11.4 Å². The molecule has 0 aliphatic carbocycles. The van der Waals surface area contributed by atoms with Gasteiger partial charge in [-0.3, -0.25) is 0 Å². The standard InChI is InChI=1S/C7H9N5O3S/c1-12-3-9-5-4(12)6(16(8,13)14)11-7(10-5)15-2/h3H,1-2H3,(H2,8,13,14). The average molecular weight is 243 g/mol. The summed E-state index contributed by atoms with van der Waals surface area (Å²) >= 11 is 0. The fraction of sp³-hybridized carbons (Fsp3) is 0.286. The molecule has 0 amide bonds. The van der Waals surface area contributed by atoms with E-state index in [1.54, 1.807) is 7.05 Å². The number of fused-ring (bicyclic) bond motifs is 1. The average Bonchev–Trinajstić information content (AvgIpc) is 2.58. The Bertz CT molecular complexity index is 647. The summed E-state index contributed by atoms with van der Waals surface area (Å²) in [6, 6.07) is -0.0878. The molecule has 2 heterocycles. The summed E-state index contributed by atoms with van der Waals surface area (Å²) in [6.45, 7) is 0. The number of nitrogens with zero attached hydrogens (tertiary/aromatic N) is 4. The van der Waals surface area contributed by atoms with Gasteiger partial charge in [-0.1, -0.05) is 0 Å². The second-order valence-corrected chi connectivity index (χ2v) is 4.56. The molecule has 0 saturated carbocycles. The van der Waals surface area contributed by atoms with E-state index in [0.29, 0.717) is 0 Å². The van der Waals surface area contributed by atoms with Gasteiger partial charge in [-0.05, 0) is 0 Å². The minimum Gasteiger partial charge on any atom is -0.467 e. The monoisotopic (exact) mass is 243 g/mol. The second kappa shape index (κ2) is 3.39. The predicted octanol–water partition coefficient (Wildman–Crippen LogP) is -0.981. The minimum absolute atomic E-state index is 0.0878. The first-order chi connectivity index (χ1) is 7.43. The first-order valence-electron chi connectivity index (χ1n) is 4.19. The van der Waals surface area contributed by atoms with Crippen LogP contribution in [0.2, 0.25) is 0 Å². The molecule has 0 aromatic carbocycles. The summed E-state index contributed by atoms with van der Waals surface area (Å²) in [5, 5.41) is 4.76. The third-order valence-corrected chi connectivity index (χ3v) is 2.79. The van der Waals surface area contributed by atoms with Gasteiger partial charge in [0.15, 0.2) is 5.65 Å². The molecular formula is C7H9N5O3S. The zero-order chi connectivity index (χ0) is 11.9. The van der Waals surface area contributed by atoms with Gasteiger partial charge in [-0.15, -0.1) is 0 Å². The number of methoxy groups -OCH3 is 1. The lowest BCUT2D eigenvalue weighted by molar-refractivity contribution is 0.377. The van der Waals surface area contributed by atoms with Crippen LogP contribution >= 0.6 is 0 Å². The molecule has 2 rings (SSSR count). The summed E-state index contributed by atoms with van der Waals surface area (Å²) in [6.07, 6.45) is 1.42. The number of hydrogen-bond acceptors (Lipinski definition) is 6. The molecule has 0 saturated heterocycles. The van der Waals surface area contributed by atoms with Gasteiger partial charge in [0.1, 0.15) is 5.52 Å². The number of rotatable bonds is 2. The molecule has 0 spiro atoms. The van der Waals surface area contributed by atoms with Gasteiger partial charge < -0.3 is 9.30 Å². The number of aromatic nitrogens is 4. The lowest BCUT2D eigenvalue weighted by Gasteiger charge is -2.03. The minimum atomic E-state index is -3.95. The quantitative estimate of drug-likeness (QED) is 0.678. The van der Waals surface area contributed by atoms with Crippen LogP contribution in [0.3, 0.4) is 0 Å². The molecule has 0 atom stereocenters. The molecule has 0 bridgehead atoms. The van der Waals surface area contributed by atoms with Crippen molar-refractivity contribution >= 4 is 21.2 Å². The van der Waals surface area contributed by atoms with Gasteiger partial charge in [0.05, 0.1) is 13.4 Å².